The highest BCUT2D eigenvalue weighted by molar-refractivity contribution is 5.43. The summed E-state index contributed by atoms with van der Waals surface area (Å²) in [6.07, 6.45) is 4.29. The van der Waals surface area contributed by atoms with Gasteiger partial charge in [-0.1, -0.05) is 13.0 Å². The molecule has 1 atom stereocenters. The molecule has 2 N–H and O–H groups in total. The van der Waals surface area contributed by atoms with Crippen LogP contribution < -0.4 is 15.2 Å². The van der Waals surface area contributed by atoms with Gasteiger partial charge in [-0.3, -0.25) is 0 Å². The molecule has 0 aliphatic rings. The van der Waals surface area contributed by atoms with Gasteiger partial charge in [0.05, 0.1) is 13.2 Å². The molecule has 3 nitrogen and oxygen atoms in total. The Hall–Kier alpha value is -1.22. The number of benzene rings is 1. The van der Waals surface area contributed by atoms with Crippen molar-refractivity contribution in [3.63, 3.8) is 0 Å². The molecule has 3 heteroatoms. The summed E-state index contributed by atoms with van der Waals surface area (Å²) in [6.45, 7) is 7.42. The van der Waals surface area contributed by atoms with Gasteiger partial charge in [-0.25, -0.2) is 0 Å². The van der Waals surface area contributed by atoms with Gasteiger partial charge in [0.2, 0.25) is 0 Å². The van der Waals surface area contributed by atoms with Gasteiger partial charge >= 0.3 is 0 Å². The van der Waals surface area contributed by atoms with E-state index < -0.39 is 0 Å². The summed E-state index contributed by atoms with van der Waals surface area (Å²) in [5.41, 5.74) is 7.22. The molecule has 1 unspecified atom stereocenters. The van der Waals surface area contributed by atoms with Gasteiger partial charge in [-0.05, 0) is 57.2 Å². The molecule has 0 radical (unpaired) electrons. The van der Waals surface area contributed by atoms with Crippen molar-refractivity contribution in [2.45, 2.75) is 52.5 Å². The van der Waals surface area contributed by atoms with Crippen LogP contribution in [0.25, 0.3) is 0 Å². The van der Waals surface area contributed by atoms with E-state index in [2.05, 4.69) is 19.1 Å². The van der Waals surface area contributed by atoms with Gasteiger partial charge in [0.1, 0.15) is 0 Å². The van der Waals surface area contributed by atoms with Crippen molar-refractivity contribution in [2.75, 3.05) is 13.2 Å². The van der Waals surface area contributed by atoms with E-state index in [1.165, 1.54) is 5.56 Å². The predicted octanol–water partition coefficient (Wildman–Crippen LogP) is 3.54. The topological polar surface area (TPSA) is 44.5 Å². The average Bonchev–Trinajstić information content (AvgIpc) is 2.42. The normalized spacial score (nSPS) is 12.2. The van der Waals surface area contributed by atoms with E-state index >= 15 is 0 Å². The second-order valence-corrected chi connectivity index (χ2v) is 4.71. The number of aryl methyl sites for hydroxylation is 1. The van der Waals surface area contributed by atoms with Crippen molar-refractivity contribution in [2.24, 2.45) is 5.73 Å². The van der Waals surface area contributed by atoms with Crippen LogP contribution in [0, 0.1) is 0 Å². The van der Waals surface area contributed by atoms with E-state index in [9.17, 15) is 0 Å². The molecule has 0 aromatic heterocycles. The van der Waals surface area contributed by atoms with Gasteiger partial charge in [0.15, 0.2) is 11.5 Å². The maximum absolute atomic E-state index is 5.93. The van der Waals surface area contributed by atoms with Crippen molar-refractivity contribution in [1.29, 1.82) is 0 Å². The lowest BCUT2D eigenvalue weighted by molar-refractivity contribution is 0.287. The molecule has 0 heterocycles. The third-order valence-electron chi connectivity index (χ3n) is 3.17. The van der Waals surface area contributed by atoms with E-state index in [-0.39, 0.29) is 0 Å². The van der Waals surface area contributed by atoms with Crippen LogP contribution >= 0.6 is 0 Å². The van der Waals surface area contributed by atoms with Crippen LogP contribution in [0.5, 0.6) is 11.5 Å². The summed E-state index contributed by atoms with van der Waals surface area (Å²) in [4.78, 5) is 0. The number of nitrogens with two attached hydrogens (primary N) is 1. The Kier molecular flexibility index (Phi) is 7.34. The largest absolute Gasteiger partial charge is 0.490 e. The van der Waals surface area contributed by atoms with Crippen LogP contribution in [0.1, 0.15) is 45.6 Å². The van der Waals surface area contributed by atoms with Gasteiger partial charge in [0, 0.05) is 6.04 Å². The molecule has 1 rings (SSSR count). The molecule has 0 saturated carbocycles. The van der Waals surface area contributed by atoms with E-state index in [1.807, 2.05) is 19.9 Å². The van der Waals surface area contributed by atoms with E-state index in [0.29, 0.717) is 19.3 Å². The third kappa shape index (κ3) is 5.52. The standard InChI is InChI=1S/C16H27NO2/c1-4-14(17)9-7-8-13-10-11-15(18-5-2)16(12-13)19-6-3/h10-12,14H,4-9,17H2,1-3H3. The van der Waals surface area contributed by atoms with Crippen LogP contribution in [-0.2, 0) is 6.42 Å². The lowest BCUT2D eigenvalue weighted by Gasteiger charge is -2.13. The molecule has 1 aromatic rings. The van der Waals surface area contributed by atoms with E-state index in [4.69, 9.17) is 15.2 Å². The number of hydrogen-bond acceptors (Lipinski definition) is 3. The Balaban J connectivity index is 2.61. The molecule has 0 aliphatic carbocycles. The fourth-order valence-corrected chi connectivity index (χ4v) is 2.02. The second-order valence-electron chi connectivity index (χ2n) is 4.71. The van der Waals surface area contributed by atoms with Crippen molar-refractivity contribution in [3.8, 4) is 11.5 Å². The SMILES string of the molecule is CCOc1ccc(CCCC(N)CC)cc1OCC. The summed E-state index contributed by atoms with van der Waals surface area (Å²) in [5, 5.41) is 0. The average molecular weight is 265 g/mol. The molecule has 0 bridgehead atoms. The zero-order valence-corrected chi connectivity index (χ0v) is 12.4. The maximum atomic E-state index is 5.93. The Morgan fingerprint density at radius 2 is 1.74 bits per heavy atom. The van der Waals surface area contributed by atoms with Gasteiger partial charge < -0.3 is 15.2 Å². The highest BCUT2D eigenvalue weighted by atomic mass is 16.5. The fraction of sp³-hybridized carbons (Fsp3) is 0.625. The Morgan fingerprint density at radius 1 is 1.05 bits per heavy atom. The third-order valence-corrected chi connectivity index (χ3v) is 3.17. The first kappa shape index (κ1) is 15.8. The molecule has 0 saturated heterocycles. The summed E-state index contributed by atoms with van der Waals surface area (Å²) >= 11 is 0. The number of hydrogen-bond donors (Lipinski definition) is 1. The molecule has 19 heavy (non-hydrogen) atoms. The number of rotatable bonds is 9. The summed E-state index contributed by atoms with van der Waals surface area (Å²) < 4.78 is 11.2. The summed E-state index contributed by atoms with van der Waals surface area (Å²) in [7, 11) is 0. The Morgan fingerprint density at radius 3 is 2.37 bits per heavy atom. The molecule has 0 spiro atoms. The second kappa shape index (κ2) is 8.81. The highest BCUT2D eigenvalue weighted by Gasteiger charge is 2.06. The van der Waals surface area contributed by atoms with E-state index in [1.54, 1.807) is 0 Å². The quantitative estimate of drug-likeness (QED) is 0.742. The lowest BCUT2D eigenvalue weighted by atomic mass is 10.0. The molecule has 0 aliphatic heterocycles. The van der Waals surface area contributed by atoms with Crippen molar-refractivity contribution in [1.82, 2.24) is 0 Å². The first-order valence-electron chi connectivity index (χ1n) is 7.35. The molecule has 0 amide bonds. The minimum atomic E-state index is 0.328. The molecule has 0 fully saturated rings. The van der Waals surface area contributed by atoms with E-state index in [0.717, 1.165) is 37.2 Å². The van der Waals surface area contributed by atoms with Crippen LogP contribution in [-0.4, -0.2) is 19.3 Å². The van der Waals surface area contributed by atoms with Crippen molar-refractivity contribution in [3.05, 3.63) is 23.8 Å². The summed E-state index contributed by atoms with van der Waals surface area (Å²) in [5.74, 6) is 1.68. The van der Waals surface area contributed by atoms with Gasteiger partial charge in [-0.2, -0.15) is 0 Å². The maximum Gasteiger partial charge on any atom is 0.161 e. The monoisotopic (exact) mass is 265 g/mol. The van der Waals surface area contributed by atoms with Crippen molar-refractivity contribution < 1.29 is 9.47 Å². The molecule has 108 valence electrons. The Bertz CT molecular complexity index is 366. The van der Waals surface area contributed by atoms with Crippen LogP contribution in [0.4, 0.5) is 0 Å². The van der Waals surface area contributed by atoms with Crippen LogP contribution in [0.3, 0.4) is 0 Å². The Labute approximate surface area is 117 Å². The zero-order chi connectivity index (χ0) is 14.1. The minimum absolute atomic E-state index is 0.328. The zero-order valence-electron chi connectivity index (χ0n) is 12.4. The summed E-state index contributed by atoms with van der Waals surface area (Å²) in [6, 6.07) is 6.54. The predicted molar refractivity (Wildman–Crippen MR) is 80.0 cm³/mol. The van der Waals surface area contributed by atoms with Crippen LogP contribution in [0.15, 0.2) is 18.2 Å². The lowest BCUT2D eigenvalue weighted by Crippen LogP contribution is -2.18. The first-order valence-corrected chi connectivity index (χ1v) is 7.35. The van der Waals surface area contributed by atoms with Crippen LogP contribution in [0.2, 0.25) is 0 Å². The molecular weight excluding hydrogens is 238 g/mol. The van der Waals surface area contributed by atoms with Gasteiger partial charge in [0.25, 0.3) is 0 Å². The fourth-order valence-electron chi connectivity index (χ4n) is 2.02. The van der Waals surface area contributed by atoms with Crippen molar-refractivity contribution >= 4 is 0 Å². The molecular formula is C16H27NO2. The highest BCUT2D eigenvalue weighted by Crippen LogP contribution is 2.29. The van der Waals surface area contributed by atoms with Gasteiger partial charge in [-0.15, -0.1) is 0 Å². The molecule has 1 aromatic carbocycles. The first-order chi connectivity index (χ1) is 9.21. The smallest absolute Gasteiger partial charge is 0.161 e. The minimum Gasteiger partial charge on any atom is -0.490 e. The number of ether oxygens (including phenoxy) is 2.